The van der Waals surface area contributed by atoms with E-state index in [9.17, 15) is 14.9 Å². The van der Waals surface area contributed by atoms with Gasteiger partial charge in [-0.3, -0.25) is 19.8 Å². The van der Waals surface area contributed by atoms with Crippen LogP contribution in [-0.4, -0.2) is 34.9 Å². The van der Waals surface area contributed by atoms with Crippen LogP contribution in [0, 0.1) is 10.1 Å². The van der Waals surface area contributed by atoms with E-state index in [2.05, 4.69) is 35.5 Å². The number of carbonyl (C=O) groups is 1. The number of carbonyl (C=O) groups excluding carboxylic acids is 1. The van der Waals surface area contributed by atoms with E-state index in [1.807, 2.05) is 11.3 Å². The third kappa shape index (κ3) is 5.56. The summed E-state index contributed by atoms with van der Waals surface area (Å²) in [6, 6.07) is 8.85. The zero-order valence-electron chi connectivity index (χ0n) is 16.8. The SMILES string of the molecule is CCCC[C@H]1c2sccc2C[C@@H](C)N1CCNC(=O)c1ccc([N+](=O)[O-])cc1.Cl. The Morgan fingerprint density at radius 3 is 2.69 bits per heavy atom. The van der Waals surface area contributed by atoms with Gasteiger partial charge in [-0.25, -0.2) is 0 Å². The minimum atomic E-state index is -0.464. The van der Waals surface area contributed by atoms with E-state index >= 15 is 0 Å². The summed E-state index contributed by atoms with van der Waals surface area (Å²) in [6.07, 6.45) is 4.57. The minimum Gasteiger partial charge on any atom is -0.351 e. The van der Waals surface area contributed by atoms with Crippen molar-refractivity contribution >= 4 is 35.3 Å². The van der Waals surface area contributed by atoms with Crippen LogP contribution >= 0.6 is 23.7 Å². The van der Waals surface area contributed by atoms with Crippen molar-refractivity contribution in [3.8, 4) is 0 Å². The normalized spacial score (nSPS) is 18.6. The molecule has 0 aliphatic carbocycles. The number of nitrogens with one attached hydrogen (secondary N) is 1. The summed E-state index contributed by atoms with van der Waals surface area (Å²) >= 11 is 1.85. The molecule has 1 aromatic carbocycles. The van der Waals surface area contributed by atoms with Crippen LogP contribution in [0.2, 0.25) is 0 Å². The standard InChI is InChI=1S/C21H27N3O3S.ClH/c1-3-4-5-19-20-17(10-13-28-20)14-15(2)23(19)12-11-22-21(25)16-6-8-18(9-7-16)24(26)27;/h6-10,13,15,19H,3-5,11-12,14H2,1-2H3,(H,22,25);1H/t15-,19+;/m1./s1. The van der Waals surface area contributed by atoms with Crippen molar-refractivity contribution in [3.63, 3.8) is 0 Å². The Bertz CT molecular complexity index is 825. The Balaban J connectivity index is 0.00000300. The fraction of sp³-hybridized carbons (Fsp3) is 0.476. The maximum Gasteiger partial charge on any atom is 0.269 e. The Morgan fingerprint density at radius 1 is 1.31 bits per heavy atom. The average Bonchev–Trinajstić information content (AvgIpc) is 3.15. The van der Waals surface area contributed by atoms with Gasteiger partial charge in [0.15, 0.2) is 0 Å². The first kappa shape index (κ1) is 23.3. The average molecular weight is 438 g/mol. The van der Waals surface area contributed by atoms with Gasteiger partial charge in [0.1, 0.15) is 0 Å². The molecular weight excluding hydrogens is 410 g/mol. The van der Waals surface area contributed by atoms with Crippen LogP contribution in [0.1, 0.15) is 60.0 Å². The van der Waals surface area contributed by atoms with Crippen LogP contribution in [0.25, 0.3) is 0 Å². The molecule has 0 spiro atoms. The molecule has 1 aromatic heterocycles. The van der Waals surface area contributed by atoms with E-state index in [0.29, 0.717) is 24.2 Å². The minimum absolute atomic E-state index is 0. The molecule has 1 amide bonds. The highest BCUT2D eigenvalue weighted by Crippen LogP contribution is 2.39. The van der Waals surface area contributed by atoms with Gasteiger partial charge in [0.2, 0.25) is 0 Å². The van der Waals surface area contributed by atoms with Crippen LogP contribution in [0.5, 0.6) is 0 Å². The lowest BCUT2D eigenvalue weighted by Crippen LogP contribution is -2.45. The molecule has 0 saturated carbocycles. The van der Waals surface area contributed by atoms with Gasteiger partial charge in [-0.1, -0.05) is 19.8 Å². The topological polar surface area (TPSA) is 75.5 Å². The molecule has 0 unspecified atom stereocenters. The highest BCUT2D eigenvalue weighted by Gasteiger charge is 2.32. The molecule has 6 nitrogen and oxygen atoms in total. The zero-order valence-corrected chi connectivity index (χ0v) is 18.4. The van der Waals surface area contributed by atoms with Gasteiger partial charge in [0.05, 0.1) is 4.92 Å². The summed E-state index contributed by atoms with van der Waals surface area (Å²) in [4.78, 5) is 26.6. The summed E-state index contributed by atoms with van der Waals surface area (Å²) in [6.45, 7) is 5.84. The van der Waals surface area contributed by atoms with E-state index < -0.39 is 4.92 Å². The predicted octanol–water partition coefficient (Wildman–Crippen LogP) is 4.99. The van der Waals surface area contributed by atoms with Crippen molar-refractivity contribution in [3.05, 3.63) is 61.8 Å². The molecule has 0 fully saturated rings. The molecule has 29 heavy (non-hydrogen) atoms. The number of nitro groups is 1. The number of benzene rings is 1. The van der Waals surface area contributed by atoms with Crippen molar-refractivity contribution in [2.45, 2.75) is 51.6 Å². The van der Waals surface area contributed by atoms with Crippen molar-refractivity contribution in [1.29, 1.82) is 0 Å². The molecule has 1 aliphatic rings. The molecular formula is C21H28ClN3O3S. The largest absolute Gasteiger partial charge is 0.351 e. The molecule has 2 aromatic rings. The van der Waals surface area contributed by atoms with Crippen molar-refractivity contribution in [1.82, 2.24) is 10.2 Å². The van der Waals surface area contributed by atoms with E-state index in [4.69, 9.17) is 0 Å². The van der Waals surface area contributed by atoms with Crippen LogP contribution in [0.15, 0.2) is 35.7 Å². The van der Waals surface area contributed by atoms with Crippen LogP contribution in [0.3, 0.4) is 0 Å². The summed E-state index contributed by atoms with van der Waals surface area (Å²) in [5, 5.41) is 15.9. The zero-order chi connectivity index (χ0) is 20.1. The van der Waals surface area contributed by atoms with E-state index in [-0.39, 0.29) is 24.0 Å². The van der Waals surface area contributed by atoms with E-state index in [0.717, 1.165) is 19.4 Å². The number of nitrogens with zero attached hydrogens (tertiary/aromatic N) is 2. The van der Waals surface area contributed by atoms with Crippen molar-refractivity contribution in [2.24, 2.45) is 0 Å². The lowest BCUT2D eigenvalue weighted by molar-refractivity contribution is -0.384. The molecule has 2 atom stereocenters. The van der Waals surface area contributed by atoms with Gasteiger partial charge in [0.25, 0.3) is 11.6 Å². The summed E-state index contributed by atoms with van der Waals surface area (Å²) < 4.78 is 0. The number of rotatable bonds is 8. The number of halogens is 1. The molecule has 3 rings (SSSR count). The van der Waals surface area contributed by atoms with E-state index in [1.54, 1.807) is 0 Å². The maximum absolute atomic E-state index is 12.4. The van der Waals surface area contributed by atoms with E-state index in [1.165, 1.54) is 47.5 Å². The third-order valence-electron chi connectivity index (χ3n) is 5.39. The molecule has 0 bridgehead atoms. The Labute approximate surface area is 181 Å². The van der Waals surface area contributed by atoms with Gasteiger partial charge >= 0.3 is 0 Å². The summed E-state index contributed by atoms with van der Waals surface area (Å²) in [7, 11) is 0. The smallest absolute Gasteiger partial charge is 0.269 e. The first-order valence-electron chi connectivity index (χ1n) is 9.86. The second kappa shape index (κ2) is 10.7. The second-order valence-corrected chi connectivity index (χ2v) is 8.27. The summed E-state index contributed by atoms with van der Waals surface area (Å²) in [5.41, 5.74) is 1.91. The van der Waals surface area contributed by atoms with Gasteiger partial charge in [-0.15, -0.1) is 23.7 Å². The molecule has 0 radical (unpaired) electrons. The first-order chi connectivity index (χ1) is 13.5. The molecule has 1 N–H and O–H groups in total. The predicted molar refractivity (Wildman–Crippen MR) is 119 cm³/mol. The number of amides is 1. The lowest BCUT2D eigenvalue weighted by atomic mass is 9.93. The van der Waals surface area contributed by atoms with Gasteiger partial charge in [-0.2, -0.15) is 0 Å². The molecule has 0 saturated heterocycles. The second-order valence-electron chi connectivity index (χ2n) is 7.32. The Morgan fingerprint density at radius 2 is 2.03 bits per heavy atom. The fourth-order valence-corrected chi connectivity index (χ4v) is 5.00. The number of hydrogen-bond acceptors (Lipinski definition) is 5. The van der Waals surface area contributed by atoms with Crippen LogP contribution in [0.4, 0.5) is 5.69 Å². The van der Waals surface area contributed by atoms with Gasteiger partial charge < -0.3 is 5.32 Å². The fourth-order valence-electron chi connectivity index (χ4n) is 3.91. The number of non-ortho nitro benzene ring substituents is 1. The van der Waals surface area contributed by atoms with Gasteiger partial charge in [-0.05, 0) is 48.9 Å². The van der Waals surface area contributed by atoms with Crippen LogP contribution < -0.4 is 5.32 Å². The van der Waals surface area contributed by atoms with Crippen molar-refractivity contribution < 1.29 is 9.72 Å². The Hall–Kier alpha value is -1.96. The number of hydrogen-bond donors (Lipinski definition) is 1. The highest BCUT2D eigenvalue weighted by molar-refractivity contribution is 7.10. The molecule has 2 heterocycles. The van der Waals surface area contributed by atoms with Gasteiger partial charge in [0, 0.05) is 47.7 Å². The number of nitro benzene ring substituents is 1. The quantitative estimate of drug-likeness (QED) is 0.466. The monoisotopic (exact) mass is 437 g/mol. The maximum atomic E-state index is 12.4. The number of thiophene rings is 1. The lowest BCUT2D eigenvalue weighted by Gasteiger charge is -2.40. The Kier molecular flexibility index (Phi) is 8.61. The first-order valence-corrected chi connectivity index (χ1v) is 10.7. The number of unbranched alkanes of at least 4 members (excludes halogenated alkanes) is 1. The molecule has 158 valence electrons. The number of fused-ring (bicyclic) bond motifs is 1. The molecule has 1 aliphatic heterocycles. The van der Waals surface area contributed by atoms with Crippen LogP contribution in [-0.2, 0) is 6.42 Å². The molecule has 8 heteroatoms. The van der Waals surface area contributed by atoms with Crippen molar-refractivity contribution in [2.75, 3.05) is 13.1 Å². The highest BCUT2D eigenvalue weighted by atomic mass is 35.5. The summed E-state index contributed by atoms with van der Waals surface area (Å²) in [5.74, 6) is -0.193. The third-order valence-corrected chi connectivity index (χ3v) is 6.45.